The second-order valence-corrected chi connectivity index (χ2v) is 20.8. The van der Waals surface area contributed by atoms with Gasteiger partial charge in [0.25, 0.3) is 20.2 Å². The van der Waals surface area contributed by atoms with Gasteiger partial charge >= 0.3 is 5.97 Å². The van der Waals surface area contributed by atoms with Crippen LogP contribution in [0.15, 0.2) is 69.6 Å². The van der Waals surface area contributed by atoms with Crippen LogP contribution >= 0.6 is 0 Å². The molecular formula is C49H73N2O17S2+. The minimum Gasteiger partial charge on any atom is -0.481 e. The molecule has 0 radical (unpaired) electrons. The lowest BCUT2D eigenvalue weighted by atomic mass is 9.77. The molecule has 1 aromatic rings. The van der Waals surface area contributed by atoms with Crippen LogP contribution in [0.2, 0.25) is 0 Å². The van der Waals surface area contributed by atoms with Crippen LogP contribution in [0.3, 0.4) is 0 Å². The van der Waals surface area contributed by atoms with E-state index >= 15 is 0 Å². The number of aliphatic hydroxyl groups excluding tert-OH is 1. The van der Waals surface area contributed by atoms with Crippen LogP contribution in [0.4, 0.5) is 5.69 Å². The number of benzene rings is 2. The van der Waals surface area contributed by atoms with Crippen molar-refractivity contribution in [2.45, 2.75) is 69.1 Å². The summed E-state index contributed by atoms with van der Waals surface area (Å²) >= 11 is 0. The molecule has 1 unspecified atom stereocenters. The van der Waals surface area contributed by atoms with Crippen molar-refractivity contribution in [3.05, 3.63) is 82.6 Å². The highest BCUT2D eigenvalue weighted by molar-refractivity contribution is 7.86. The highest BCUT2D eigenvalue weighted by Crippen LogP contribution is 2.51. The quantitative estimate of drug-likeness (QED) is 0.0361. The van der Waals surface area contributed by atoms with Gasteiger partial charge in [0.15, 0.2) is 13.1 Å². The zero-order valence-corrected chi connectivity index (χ0v) is 42.8. The Morgan fingerprint density at radius 2 is 1.37 bits per heavy atom. The monoisotopic (exact) mass is 1030 g/mol. The number of methoxy groups -OCH3 is 1. The number of carboxylic acids is 1. The fraction of sp³-hybridized carbons (Fsp3) is 0.592. The summed E-state index contributed by atoms with van der Waals surface area (Å²) in [5.41, 5.74) is 1.99. The van der Waals surface area contributed by atoms with Crippen molar-refractivity contribution >= 4 is 38.0 Å². The molecule has 4 rings (SSSR count). The van der Waals surface area contributed by atoms with E-state index in [0.717, 1.165) is 16.5 Å². The van der Waals surface area contributed by atoms with E-state index in [2.05, 4.69) is 4.58 Å². The molecule has 1 aliphatic carbocycles. The average molecular weight is 1030 g/mol. The summed E-state index contributed by atoms with van der Waals surface area (Å²) in [7, 11) is -7.29. The summed E-state index contributed by atoms with van der Waals surface area (Å²) in [6, 6.07) is 12.1. The van der Waals surface area contributed by atoms with E-state index in [-0.39, 0.29) is 50.3 Å². The third-order valence-corrected chi connectivity index (χ3v) is 13.1. The van der Waals surface area contributed by atoms with E-state index in [1.54, 1.807) is 13.2 Å². The van der Waals surface area contributed by atoms with Gasteiger partial charge in [0, 0.05) is 53.9 Å². The molecule has 0 spiro atoms. The number of carboxylic acid groups (broad SMARTS) is 1. The number of fused-ring (bicyclic) bond motifs is 2. The Balaban J connectivity index is 1.70. The molecule has 0 amide bonds. The van der Waals surface area contributed by atoms with Crippen LogP contribution < -0.4 is 14.8 Å². The number of allylic oxidation sites excluding steroid dienone is 3. The normalized spacial score (nSPS) is 16.5. The molecule has 392 valence electrons. The van der Waals surface area contributed by atoms with Crippen LogP contribution in [-0.4, -0.2) is 167 Å². The summed E-state index contributed by atoms with van der Waals surface area (Å²) < 4.78 is 115. The SMILES string of the molecule is COCCOCCOCCOCC[N+](CCOCCOCCOCCO)=c1ccc2c(/C=C/C=C3\N(CCCS(=O)(=O)O)c4ccc(S(=O)(=O)O)cc4C3(C)CCCC(=O)O)cc(C(C)(C)C)oc-2c1. The van der Waals surface area contributed by atoms with Gasteiger partial charge in [-0.1, -0.05) is 32.9 Å². The topological polar surface area (TPSA) is 250 Å². The van der Waals surface area contributed by atoms with Crippen molar-refractivity contribution in [1.29, 1.82) is 0 Å². The molecule has 1 aromatic carbocycles. The lowest BCUT2D eigenvalue weighted by Gasteiger charge is -2.30. The fourth-order valence-electron chi connectivity index (χ4n) is 7.85. The highest BCUT2D eigenvalue weighted by atomic mass is 32.2. The maximum Gasteiger partial charge on any atom is 0.303 e. The number of anilines is 1. The lowest BCUT2D eigenvalue weighted by Crippen LogP contribution is -2.36. The van der Waals surface area contributed by atoms with E-state index in [4.69, 9.17) is 42.7 Å². The number of aliphatic carboxylic acids is 1. The Hall–Kier alpha value is -4.10. The van der Waals surface area contributed by atoms with Crippen LogP contribution in [0.5, 0.6) is 0 Å². The van der Waals surface area contributed by atoms with Crippen molar-refractivity contribution in [3.63, 3.8) is 0 Å². The third-order valence-electron chi connectivity index (χ3n) is 11.4. The summed E-state index contributed by atoms with van der Waals surface area (Å²) in [4.78, 5) is 13.2. The molecule has 0 saturated carbocycles. The number of rotatable bonds is 34. The standard InChI is InChI=1S/C49H72N2O17S2/c1-48(2,3)46-35-38(9-6-10-45-49(4,16-7-11-47(53)54)42-37-40(70(58,59)60)13-15-43(42)51(45)17-8-34-69(55,56)57)41-14-12-39(36-44(41)68-46)50(18-21-62-26-29-66-31-28-64-23-20-52)19-22-63-27-30-67-33-32-65-25-24-61-5/h6,9-10,12-15,35-37,52H,7-8,11,16-34H2,1-5H3,(H2-,53,54,55,56,57,58,59,60)/p+1. The smallest absolute Gasteiger partial charge is 0.303 e. The Labute approximate surface area is 412 Å². The number of aliphatic hydroxyl groups is 1. The number of hydrogen-bond donors (Lipinski definition) is 4. The lowest BCUT2D eigenvalue weighted by molar-refractivity contribution is -0.137. The maximum atomic E-state index is 12.3. The number of nitrogens with zero attached hydrogens (tertiary/aromatic N) is 2. The van der Waals surface area contributed by atoms with Crippen molar-refractivity contribution in [2.24, 2.45) is 0 Å². The van der Waals surface area contributed by atoms with E-state index in [1.807, 2.05) is 75.1 Å². The van der Waals surface area contributed by atoms with E-state index in [0.29, 0.717) is 121 Å². The van der Waals surface area contributed by atoms with Gasteiger partial charge in [-0.2, -0.15) is 16.8 Å². The molecule has 0 aromatic heterocycles. The summed E-state index contributed by atoms with van der Waals surface area (Å²) in [5, 5.41) is 19.3. The Bertz CT molecular complexity index is 2430. The first-order valence-corrected chi connectivity index (χ1v) is 26.5. The van der Waals surface area contributed by atoms with Crippen molar-refractivity contribution in [2.75, 3.05) is 130 Å². The van der Waals surface area contributed by atoms with Gasteiger partial charge in [-0.15, -0.1) is 0 Å². The minimum atomic E-state index is -4.61. The van der Waals surface area contributed by atoms with Crippen molar-refractivity contribution < 1.29 is 78.5 Å². The number of ether oxygens (including phenoxy) is 7. The summed E-state index contributed by atoms with van der Waals surface area (Å²) in [5.74, 6) is -0.178. The van der Waals surface area contributed by atoms with Crippen LogP contribution in [0.25, 0.3) is 17.4 Å². The first-order valence-electron chi connectivity index (χ1n) is 23.5. The zero-order chi connectivity index (χ0) is 51.2. The highest BCUT2D eigenvalue weighted by Gasteiger charge is 2.43. The van der Waals surface area contributed by atoms with Crippen LogP contribution in [-0.2, 0) is 69.0 Å². The van der Waals surface area contributed by atoms with E-state index < -0.39 is 42.8 Å². The van der Waals surface area contributed by atoms with Crippen molar-refractivity contribution in [3.8, 4) is 11.3 Å². The molecule has 0 bridgehead atoms. The third kappa shape index (κ3) is 19.1. The Kier molecular flexibility index (Phi) is 24.1. The van der Waals surface area contributed by atoms with Gasteiger partial charge in [0.05, 0.1) is 96.0 Å². The first kappa shape index (κ1) is 58.5. The Morgan fingerprint density at radius 3 is 1.91 bits per heavy atom. The van der Waals surface area contributed by atoms with E-state index in [1.165, 1.54) is 12.1 Å². The molecule has 3 aliphatic rings. The van der Waals surface area contributed by atoms with Crippen LogP contribution in [0, 0.1) is 0 Å². The van der Waals surface area contributed by atoms with Gasteiger partial charge in [0.2, 0.25) is 5.36 Å². The average Bonchev–Trinajstić information content (AvgIpc) is 3.52. The second kappa shape index (κ2) is 28.8. The van der Waals surface area contributed by atoms with Gasteiger partial charge < -0.3 is 52.7 Å². The number of carbonyl (C=O) groups is 1. The molecular weight excluding hydrogens is 953 g/mol. The fourth-order valence-corrected chi connectivity index (χ4v) is 8.85. The van der Waals surface area contributed by atoms with Crippen molar-refractivity contribution in [1.82, 2.24) is 4.58 Å². The Morgan fingerprint density at radius 1 is 0.786 bits per heavy atom. The number of hydrogen-bond acceptors (Lipinski definition) is 15. The zero-order valence-electron chi connectivity index (χ0n) is 41.1. The van der Waals surface area contributed by atoms with E-state index in [9.17, 15) is 35.8 Å². The molecule has 2 aliphatic heterocycles. The molecule has 1 atom stereocenters. The van der Waals surface area contributed by atoms with Gasteiger partial charge in [-0.05, 0) is 73.7 Å². The molecule has 4 N–H and O–H groups in total. The summed E-state index contributed by atoms with van der Waals surface area (Å²) in [6.45, 7) is 14.5. The predicted molar refractivity (Wildman–Crippen MR) is 263 cm³/mol. The van der Waals surface area contributed by atoms with Crippen LogP contribution in [0.1, 0.15) is 70.3 Å². The molecule has 70 heavy (non-hydrogen) atoms. The second-order valence-electron chi connectivity index (χ2n) is 17.8. The van der Waals surface area contributed by atoms with Gasteiger partial charge in [-0.25, -0.2) is 4.58 Å². The van der Waals surface area contributed by atoms with Gasteiger partial charge in [0.1, 0.15) is 24.7 Å². The largest absolute Gasteiger partial charge is 0.481 e. The summed E-state index contributed by atoms with van der Waals surface area (Å²) in [6.07, 6.45) is 6.01. The first-order chi connectivity index (χ1) is 33.3. The maximum absolute atomic E-state index is 12.3. The molecule has 0 saturated heterocycles. The van der Waals surface area contributed by atoms with Gasteiger partial charge in [-0.3, -0.25) is 13.9 Å². The molecule has 0 fully saturated rings. The molecule has 21 heteroatoms. The molecule has 19 nitrogen and oxygen atoms in total. The molecule has 2 heterocycles. The predicted octanol–water partition coefficient (Wildman–Crippen LogP) is 4.65. The minimum absolute atomic E-state index is 0.0270.